The van der Waals surface area contributed by atoms with Gasteiger partial charge >= 0.3 is 0 Å². The van der Waals surface area contributed by atoms with Gasteiger partial charge < -0.3 is 4.98 Å². The Hall–Kier alpha value is -2.92. The number of nitrogens with zero attached hydrogens (tertiary/aromatic N) is 4. The zero-order valence-electron chi connectivity index (χ0n) is 15.0. The average molecular weight is 418 g/mol. The monoisotopic (exact) mass is 418 g/mol. The largest absolute Gasteiger partial charge is 0.345 e. The van der Waals surface area contributed by atoms with Gasteiger partial charge in [-0.3, -0.25) is 4.40 Å². The molecule has 1 saturated carbocycles. The molecule has 0 bridgehead atoms. The summed E-state index contributed by atoms with van der Waals surface area (Å²) >= 11 is 0. The lowest BCUT2D eigenvalue weighted by Crippen LogP contribution is -2.33. The smallest absolute Gasteiger partial charge is 0.243 e. The minimum atomic E-state index is -4.10. The Morgan fingerprint density at radius 2 is 2.03 bits per heavy atom. The van der Waals surface area contributed by atoms with E-state index >= 15 is 0 Å². The predicted molar refractivity (Wildman–Crippen MR) is 99.7 cm³/mol. The molecule has 3 aromatic heterocycles. The van der Waals surface area contributed by atoms with E-state index in [1.54, 1.807) is 12.4 Å². The van der Waals surface area contributed by atoms with Gasteiger partial charge in [0, 0.05) is 24.2 Å². The Bertz CT molecular complexity index is 1330. The molecule has 0 unspecified atom stereocenters. The molecular weight excluding hydrogens is 402 g/mol. The molecule has 0 radical (unpaired) electrons. The molecule has 8 nitrogen and oxygen atoms in total. The maximum Gasteiger partial charge on any atom is 0.243 e. The van der Waals surface area contributed by atoms with Crippen molar-refractivity contribution in [1.29, 1.82) is 0 Å². The van der Waals surface area contributed by atoms with Crippen LogP contribution in [0, 0.1) is 11.6 Å². The molecule has 2 N–H and O–H groups in total. The van der Waals surface area contributed by atoms with Crippen LogP contribution in [0.4, 0.5) is 8.78 Å². The first-order valence-corrected chi connectivity index (χ1v) is 10.6. The molecule has 1 fully saturated rings. The lowest BCUT2D eigenvalue weighted by Gasteiger charge is -2.14. The van der Waals surface area contributed by atoms with Crippen molar-refractivity contribution in [2.24, 2.45) is 0 Å². The molecular formula is C18H16F2N6O2S. The van der Waals surface area contributed by atoms with Crippen molar-refractivity contribution in [2.45, 2.75) is 36.1 Å². The highest BCUT2D eigenvalue weighted by molar-refractivity contribution is 7.89. The minimum absolute atomic E-state index is 0.0173. The third-order valence-corrected chi connectivity index (χ3v) is 6.82. The summed E-state index contributed by atoms with van der Waals surface area (Å²) in [5.41, 5.74) is 2.17. The number of nitrogens with one attached hydrogen (secondary N) is 2. The average Bonchev–Trinajstić information content (AvgIpc) is 3.38. The fourth-order valence-electron chi connectivity index (χ4n) is 3.96. The second kappa shape index (κ2) is 6.56. The van der Waals surface area contributed by atoms with E-state index in [0.29, 0.717) is 36.6 Å². The molecule has 0 aliphatic heterocycles. The van der Waals surface area contributed by atoms with Crippen LogP contribution in [-0.2, 0) is 10.0 Å². The summed E-state index contributed by atoms with van der Waals surface area (Å²) < 4.78 is 56.6. The molecule has 1 aliphatic carbocycles. The number of rotatable bonds is 4. The highest BCUT2D eigenvalue weighted by Gasteiger charge is 2.33. The fraction of sp³-hybridized carbons (Fsp3) is 0.278. The topological polar surface area (TPSA) is 105 Å². The Morgan fingerprint density at radius 1 is 1.17 bits per heavy atom. The van der Waals surface area contributed by atoms with Crippen molar-refractivity contribution in [3.05, 3.63) is 54.1 Å². The first-order valence-electron chi connectivity index (χ1n) is 9.07. The molecule has 29 heavy (non-hydrogen) atoms. The van der Waals surface area contributed by atoms with Gasteiger partial charge in [0.25, 0.3) is 0 Å². The van der Waals surface area contributed by atoms with Crippen LogP contribution in [-0.4, -0.2) is 39.0 Å². The Morgan fingerprint density at radius 3 is 2.86 bits per heavy atom. The SMILES string of the molecule is O=S(=O)(N[C@H]1CC[C@@H](c2nnc3cnc4[nH]ccc4n23)C1)c1ccc(F)cc1F. The Kier molecular flexibility index (Phi) is 4.10. The van der Waals surface area contributed by atoms with E-state index in [1.165, 1.54) is 0 Å². The van der Waals surface area contributed by atoms with Crippen molar-refractivity contribution in [2.75, 3.05) is 0 Å². The maximum atomic E-state index is 13.9. The predicted octanol–water partition coefficient (Wildman–Crippen LogP) is 2.50. The molecule has 0 spiro atoms. The third kappa shape index (κ3) is 3.06. The summed E-state index contributed by atoms with van der Waals surface area (Å²) in [5, 5.41) is 8.47. The van der Waals surface area contributed by atoms with E-state index in [1.807, 2.05) is 10.5 Å². The van der Waals surface area contributed by atoms with E-state index in [0.717, 1.165) is 23.5 Å². The van der Waals surface area contributed by atoms with Gasteiger partial charge in [-0.15, -0.1) is 10.2 Å². The van der Waals surface area contributed by atoms with Crippen LogP contribution >= 0.6 is 0 Å². The van der Waals surface area contributed by atoms with Crippen molar-refractivity contribution in [3.8, 4) is 0 Å². The van der Waals surface area contributed by atoms with Gasteiger partial charge in [-0.2, -0.15) is 0 Å². The fourth-order valence-corrected chi connectivity index (χ4v) is 5.30. The lowest BCUT2D eigenvalue weighted by atomic mass is 10.1. The highest BCUT2D eigenvalue weighted by Crippen LogP contribution is 2.35. The molecule has 0 amide bonds. The van der Waals surface area contributed by atoms with E-state index < -0.39 is 26.6 Å². The maximum absolute atomic E-state index is 13.9. The molecule has 0 saturated heterocycles. The third-order valence-electron chi connectivity index (χ3n) is 5.27. The van der Waals surface area contributed by atoms with Crippen molar-refractivity contribution in [1.82, 2.24) is 29.3 Å². The number of sulfonamides is 1. The van der Waals surface area contributed by atoms with Crippen molar-refractivity contribution < 1.29 is 17.2 Å². The summed E-state index contributed by atoms with van der Waals surface area (Å²) in [6.07, 6.45) is 5.18. The quantitative estimate of drug-likeness (QED) is 0.530. The second-order valence-corrected chi connectivity index (χ2v) is 8.81. The summed E-state index contributed by atoms with van der Waals surface area (Å²) in [5.74, 6) is -1.22. The van der Waals surface area contributed by atoms with Crippen LogP contribution in [0.3, 0.4) is 0 Å². The highest BCUT2D eigenvalue weighted by atomic mass is 32.2. The number of hydrogen-bond donors (Lipinski definition) is 2. The van der Waals surface area contributed by atoms with Crippen LogP contribution in [0.2, 0.25) is 0 Å². The molecule has 2 atom stereocenters. The van der Waals surface area contributed by atoms with Gasteiger partial charge in [-0.05, 0) is 37.5 Å². The summed E-state index contributed by atoms with van der Waals surface area (Å²) in [6.45, 7) is 0. The van der Waals surface area contributed by atoms with Crippen LogP contribution in [0.5, 0.6) is 0 Å². The zero-order chi connectivity index (χ0) is 20.2. The second-order valence-electron chi connectivity index (χ2n) is 7.12. The molecule has 5 rings (SSSR count). The van der Waals surface area contributed by atoms with Gasteiger partial charge in [0.1, 0.15) is 22.4 Å². The van der Waals surface area contributed by atoms with E-state index in [-0.39, 0.29) is 12.0 Å². The summed E-state index contributed by atoms with van der Waals surface area (Å²) in [6, 6.07) is 3.92. The summed E-state index contributed by atoms with van der Waals surface area (Å²) in [7, 11) is -4.10. The number of halogens is 2. The van der Waals surface area contributed by atoms with Crippen LogP contribution in [0.25, 0.3) is 16.8 Å². The number of benzene rings is 1. The van der Waals surface area contributed by atoms with Gasteiger partial charge in [0.15, 0.2) is 11.3 Å². The number of hydrogen-bond acceptors (Lipinski definition) is 5. The van der Waals surface area contributed by atoms with Crippen molar-refractivity contribution >= 4 is 26.8 Å². The molecule has 1 aromatic carbocycles. The first-order chi connectivity index (χ1) is 13.9. The number of H-pyrrole nitrogens is 1. The molecule has 4 aromatic rings. The first kappa shape index (κ1) is 18.1. The van der Waals surface area contributed by atoms with Crippen LogP contribution in [0.1, 0.15) is 31.0 Å². The van der Waals surface area contributed by atoms with E-state index in [4.69, 9.17) is 0 Å². The van der Waals surface area contributed by atoms with E-state index in [9.17, 15) is 17.2 Å². The molecule has 3 heterocycles. The van der Waals surface area contributed by atoms with Crippen molar-refractivity contribution in [3.63, 3.8) is 0 Å². The lowest BCUT2D eigenvalue weighted by molar-refractivity contribution is 0.527. The zero-order valence-corrected chi connectivity index (χ0v) is 15.8. The van der Waals surface area contributed by atoms with E-state index in [2.05, 4.69) is 24.9 Å². The van der Waals surface area contributed by atoms with Crippen LogP contribution < -0.4 is 4.72 Å². The molecule has 150 valence electrons. The number of aromatic nitrogens is 5. The Labute approximate surface area is 164 Å². The number of fused-ring (bicyclic) bond motifs is 3. The van der Waals surface area contributed by atoms with Gasteiger partial charge in [0.05, 0.1) is 11.7 Å². The standard InChI is InChI=1S/C18H16F2N6O2S/c19-11-2-4-15(13(20)8-11)29(27,28)25-12-3-1-10(7-12)18-24-23-16-9-22-17-14(26(16)18)5-6-21-17/h2,4-6,8-10,12,21,25H,1,3,7H2/t10-,12+/m1/s1. The normalized spacial score (nSPS) is 20.1. The number of aromatic amines is 1. The van der Waals surface area contributed by atoms with Gasteiger partial charge in [-0.25, -0.2) is 26.9 Å². The van der Waals surface area contributed by atoms with Gasteiger partial charge in [-0.1, -0.05) is 0 Å². The molecule has 11 heteroatoms. The summed E-state index contributed by atoms with van der Waals surface area (Å²) in [4.78, 5) is 6.77. The van der Waals surface area contributed by atoms with Gasteiger partial charge in [0.2, 0.25) is 10.0 Å². The van der Waals surface area contributed by atoms with Crippen LogP contribution in [0.15, 0.2) is 41.6 Å². The minimum Gasteiger partial charge on any atom is -0.345 e. The molecule has 1 aliphatic rings. The Balaban J connectivity index is 1.41.